The van der Waals surface area contributed by atoms with Gasteiger partial charge in [0, 0.05) is 19.6 Å². The largest absolute Gasteiger partial charge is 0.389 e. The first-order valence-corrected chi connectivity index (χ1v) is 9.42. The van der Waals surface area contributed by atoms with E-state index in [1.165, 1.54) is 17.1 Å². The highest BCUT2D eigenvalue weighted by molar-refractivity contribution is 7.89. The predicted octanol–water partition coefficient (Wildman–Crippen LogP) is 1.09. The Morgan fingerprint density at radius 1 is 1.25 bits per heavy atom. The maximum absolute atomic E-state index is 12.3. The molecule has 1 saturated carbocycles. The highest BCUT2D eigenvalue weighted by atomic mass is 32.2. The Morgan fingerprint density at radius 3 is 2.55 bits per heavy atom. The summed E-state index contributed by atoms with van der Waals surface area (Å²) in [5.41, 5.74) is -0.801. The van der Waals surface area contributed by atoms with Crippen LogP contribution in [0.5, 0.6) is 0 Å². The minimum Gasteiger partial charge on any atom is -0.389 e. The zero-order chi connectivity index (χ0) is 14.6. The third-order valence-corrected chi connectivity index (χ3v) is 6.49. The second kappa shape index (κ2) is 6.73. The number of aliphatic hydroxyl groups is 1. The van der Waals surface area contributed by atoms with E-state index >= 15 is 0 Å². The molecule has 1 heterocycles. The van der Waals surface area contributed by atoms with Crippen LogP contribution in [0.1, 0.15) is 51.4 Å². The molecule has 6 heteroatoms. The molecule has 2 fully saturated rings. The summed E-state index contributed by atoms with van der Waals surface area (Å²) in [5.74, 6) is 0.178. The Kier molecular flexibility index (Phi) is 5.45. The van der Waals surface area contributed by atoms with Gasteiger partial charge < -0.3 is 10.4 Å². The molecule has 5 nitrogen and oxygen atoms in total. The molecule has 1 saturated heterocycles. The second-order valence-corrected chi connectivity index (χ2v) is 8.63. The number of piperidine rings is 1. The van der Waals surface area contributed by atoms with Gasteiger partial charge in [-0.05, 0) is 38.6 Å². The molecule has 0 amide bonds. The first kappa shape index (κ1) is 16.2. The van der Waals surface area contributed by atoms with Crippen LogP contribution in [0, 0.1) is 0 Å². The summed E-state index contributed by atoms with van der Waals surface area (Å²) in [6, 6.07) is 0.335. The molecule has 1 aliphatic carbocycles. The van der Waals surface area contributed by atoms with Crippen molar-refractivity contribution in [1.29, 1.82) is 0 Å². The van der Waals surface area contributed by atoms with Gasteiger partial charge >= 0.3 is 0 Å². The lowest BCUT2D eigenvalue weighted by Gasteiger charge is -2.29. The van der Waals surface area contributed by atoms with E-state index in [4.69, 9.17) is 0 Å². The first-order valence-electron chi connectivity index (χ1n) is 7.81. The zero-order valence-electron chi connectivity index (χ0n) is 12.5. The number of likely N-dealkylation sites (N-methyl/N-ethyl adjacent to an activating group) is 1. The molecule has 1 atom stereocenters. The minimum atomic E-state index is -3.25. The summed E-state index contributed by atoms with van der Waals surface area (Å²) in [6.07, 6.45) is 7.55. The van der Waals surface area contributed by atoms with Gasteiger partial charge in [-0.3, -0.25) is 0 Å². The molecule has 2 N–H and O–H groups in total. The van der Waals surface area contributed by atoms with Crippen molar-refractivity contribution in [3.63, 3.8) is 0 Å². The van der Waals surface area contributed by atoms with E-state index in [9.17, 15) is 13.5 Å². The van der Waals surface area contributed by atoms with Crippen molar-refractivity contribution in [1.82, 2.24) is 9.62 Å². The molecular weight excluding hydrogens is 276 g/mol. The summed E-state index contributed by atoms with van der Waals surface area (Å²) in [6.45, 7) is 1.24. The van der Waals surface area contributed by atoms with E-state index in [0.717, 1.165) is 38.6 Å². The first-order chi connectivity index (χ1) is 9.41. The van der Waals surface area contributed by atoms with Crippen LogP contribution in [0.2, 0.25) is 0 Å². The van der Waals surface area contributed by atoms with Crippen LogP contribution in [0.4, 0.5) is 0 Å². The maximum Gasteiger partial charge on any atom is 0.214 e. The molecule has 20 heavy (non-hydrogen) atoms. The average Bonchev–Trinajstić information content (AvgIpc) is 2.84. The number of rotatable bonds is 6. The lowest BCUT2D eigenvalue weighted by atomic mass is 10.0. The van der Waals surface area contributed by atoms with Gasteiger partial charge in [0.05, 0.1) is 11.4 Å². The molecule has 0 bridgehead atoms. The lowest BCUT2D eigenvalue weighted by molar-refractivity contribution is 0.0333. The fourth-order valence-corrected chi connectivity index (χ4v) is 4.65. The lowest BCUT2D eigenvalue weighted by Crippen LogP contribution is -2.44. The van der Waals surface area contributed by atoms with E-state index in [1.54, 1.807) is 7.05 Å². The molecule has 2 aliphatic rings. The summed E-state index contributed by atoms with van der Waals surface area (Å²) in [7, 11) is -1.65. The molecule has 1 aliphatic heterocycles. The van der Waals surface area contributed by atoms with Crippen molar-refractivity contribution in [2.75, 3.05) is 25.9 Å². The van der Waals surface area contributed by atoms with Crippen molar-refractivity contribution in [3.8, 4) is 0 Å². The topological polar surface area (TPSA) is 69.6 Å². The van der Waals surface area contributed by atoms with Gasteiger partial charge in [-0.15, -0.1) is 0 Å². The molecule has 118 valence electrons. The minimum absolute atomic E-state index is 0.178. The third-order valence-electron chi connectivity index (χ3n) is 4.66. The second-order valence-electron chi connectivity index (χ2n) is 6.44. The molecule has 0 aromatic heterocycles. The summed E-state index contributed by atoms with van der Waals surface area (Å²) in [4.78, 5) is 0. The highest BCUT2D eigenvalue weighted by Gasteiger charge is 2.35. The van der Waals surface area contributed by atoms with Gasteiger partial charge in [-0.2, -0.15) is 0 Å². The van der Waals surface area contributed by atoms with Crippen molar-refractivity contribution in [2.45, 2.75) is 63.0 Å². The number of hydrogen-bond donors (Lipinski definition) is 2. The average molecular weight is 304 g/mol. The Bertz CT molecular complexity index is 399. The number of hydrogen-bond acceptors (Lipinski definition) is 4. The molecule has 2 rings (SSSR count). The quantitative estimate of drug-likeness (QED) is 0.770. The van der Waals surface area contributed by atoms with Crippen molar-refractivity contribution < 1.29 is 13.5 Å². The molecule has 0 radical (unpaired) electrons. The van der Waals surface area contributed by atoms with Crippen LogP contribution in [0.25, 0.3) is 0 Å². The number of sulfonamides is 1. The molecule has 0 aromatic carbocycles. The Hall–Kier alpha value is -0.170. The number of nitrogens with one attached hydrogen (secondary N) is 1. The molecule has 0 aromatic rings. The van der Waals surface area contributed by atoms with E-state index in [-0.39, 0.29) is 12.3 Å². The van der Waals surface area contributed by atoms with Crippen LogP contribution < -0.4 is 5.32 Å². The van der Waals surface area contributed by atoms with Crippen LogP contribution in [-0.2, 0) is 10.0 Å². The van der Waals surface area contributed by atoms with Crippen molar-refractivity contribution >= 4 is 10.0 Å². The summed E-state index contributed by atoms with van der Waals surface area (Å²) >= 11 is 0. The summed E-state index contributed by atoms with van der Waals surface area (Å²) < 4.78 is 25.9. The van der Waals surface area contributed by atoms with Gasteiger partial charge in [-0.25, -0.2) is 12.7 Å². The van der Waals surface area contributed by atoms with Crippen LogP contribution in [0.3, 0.4) is 0 Å². The highest BCUT2D eigenvalue weighted by Crippen LogP contribution is 2.30. The Balaban J connectivity index is 1.82. The van der Waals surface area contributed by atoms with E-state index in [1.807, 2.05) is 0 Å². The van der Waals surface area contributed by atoms with Crippen molar-refractivity contribution in [3.05, 3.63) is 0 Å². The molecule has 0 spiro atoms. The maximum atomic E-state index is 12.3. The SMILES string of the molecule is CN(CC1(O)CCCC1)S(=O)(=O)CCC1CCCCN1. The van der Waals surface area contributed by atoms with Gasteiger partial charge in [-0.1, -0.05) is 19.3 Å². The van der Waals surface area contributed by atoms with Crippen LogP contribution in [0.15, 0.2) is 0 Å². The standard InChI is InChI=1S/C14H28N2O3S/c1-16(12-14(17)8-3-4-9-14)20(18,19)11-7-13-6-2-5-10-15-13/h13,15,17H,2-12H2,1H3. The fraction of sp³-hybridized carbons (Fsp3) is 1.00. The van der Waals surface area contributed by atoms with Crippen molar-refractivity contribution in [2.24, 2.45) is 0 Å². The molecule has 1 unspecified atom stereocenters. The van der Waals surface area contributed by atoms with E-state index in [2.05, 4.69) is 5.32 Å². The van der Waals surface area contributed by atoms with E-state index < -0.39 is 15.6 Å². The van der Waals surface area contributed by atoms with Crippen LogP contribution in [-0.4, -0.2) is 55.4 Å². The zero-order valence-corrected chi connectivity index (χ0v) is 13.3. The monoisotopic (exact) mass is 304 g/mol. The van der Waals surface area contributed by atoms with Gasteiger partial charge in [0.15, 0.2) is 0 Å². The predicted molar refractivity (Wildman–Crippen MR) is 80.1 cm³/mol. The van der Waals surface area contributed by atoms with Gasteiger partial charge in [0.1, 0.15) is 0 Å². The van der Waals surface area contributed by atoms with E-state index in [0.29, 0.717) is 12.5 Å². The van der Waals surface area contributed by atoms with Gasteiger partial charge in [0.25, 0.3) is 0 Å². The molecular formula is C14H28N2O3S. The smallest absolute Gasteiger partial charge is 0.214 e. The number of nitrogens with zero attached hydrogens (tertiary/aromatic N) is 1. The fourth-order valence-electron chi connectivity index (χ4n) is 3.32. The third kappa shape index (κ3) is 4.41. The Morgan fingerprint density at radius 2 is 1.95 bits per heavy atom. The van der Waals surface area contributed by atoms with Gasteiger partial charge in [0.2, 0.25) is 10.0 Å². The Labute approximate surface area is 122 Å². The van der Waals surface area contributed by atoms with Crippen LogP contribution >= 0.6 is 0 Å². The normalized spacial score (nSPS) is 27.1. The summed E-state index contributed by atoms with van der Waals surface area (Å²) in [5, 5.41) is 13.7.